The fourth-order valence-corrected chi connectivity index (χ4v) is 3.64. The topological polar surface area (TPSA) is 95.6 Å². The molecule has 164 valence electrons. The van der Waals surface area contributed by atoms with Crippen molar-refractivity contribution in [3.05, 3.63) is 83.4 Å². The van der Waals surface area contributed by atoms with Crippen LogP contribution in [0.15, 0.2) is 67.1 Å². The minimum atomic E-state index is -4.73. The van der Waals surface area contributed by atoms with Gasteiger partial charge in [0.2, 0.25) is 0 Å². The monoisotopic (exact) mass is 458 g/mol. The maximum Gasteiger partial charge on any atom is 0.435 e. The smallest absolute Gasteiger partial charge is 0.383 e. The molecule has 0 fully saturated rings. The molecule has 0 bridgehead atoms. The summed E-state index contributed by atoms with van der Waals surface area (Å²) in [6.45, 7) is 0.0540. The van der Waals surface area contributed by atoms with Gasteiger partial charge in [-0.25, -0.2) is 9.97 Å². The zero-order chi connectivity index (χ0) is 22.9. The first-order chi connectivity index (χ1) is 15.3. The summed E-state index contributed by atoms with van der Waals surface area (Å²) in [5, 5.41) is 4.35. The lowest BCUT2D eigenvalue weighted by Crippen LogP contribution is -2.21. The van der Waals surface area contributed by atoms with Crippen molar-refractivity contribution in [3.8, 4) is 22.4 Å². The van der Waals surface area contributed by atoms with Gasteiger partial charge in [-0.3, -0.25) is 4.68 Å². The third-order valence-corrected chi connectivity index (χ3v) is 5.24. The fourth-order valence-electron chi connectivity index (χ4n) is 3.51. The van der Waals surface area contributed by atoms with E-state index in [1.165, 1.54) is 10.9 Å². The predicted octanol–water partition coefficient (Wildman–Crippen LogP) is 4.81. The van der Waals surface area contributed by atoms with E-state index < -0.39 is 17.9 Å². The molecule has 0 saturated heterocycles. The number of nitrogens with two attached hydrogens (primary N) is 2. The number of aromatic nitrogens is 4. The molecule has 0 radical (unpaired) electrons. The average molecular weight is 459 g/mol. The summed E-state index contributed by atoms with van der Waals surface area (Å²) in [4.78, 5) is 8.11. The molecule has 2 aromatic heterocycles. The molecule has 2 heterocycles. The van der Waals surface area contributed by atoms with Crippen molar-refractivity contribution in [1.82, 2.24) is 19.7 Å². The molecule has 2 aromatic carbocycles. The quantitative estimate of drug-likeness (QED) is 0.447. The molecule has 10 heteroatoms. The van der Waals surface area contributed by atoms with Crippen LogP contribution in [0.25, 0.3) is 22.4 Å². The normalized spacial score (nSPS) is 12.7. The van der Waals surface area contributed by atoms with E-state index in [0.29, 0.717) is 10.6 Å². The van der Waals surface area contributed by atoms with Gasteiger partial charge in [-0.15, -0.1) is 0 Å². The molecular weight excluding hydrogens is 441 g/mol. The maximum atomic E-state index is 14.0. The third kappa shape index (κ3) is 4.17. The van der Waals surface area contributed by atoms with Crippen LogP contribution in [-0.2, 0) is 6.18 Å². The minimum Gasteiger partial charge on any atom is -0.383 e. The number of nitrogen functional groups attached to an aromatic ring is 1. The lowest BCUT2D eigenvalue weighted by Gasteiger charge is -2.16. The van der Waals surface area contributed by atoms with Gasteiger partial charge >= 0.3 is 6.18 Å². The van der Waals surface area contributed by atoms with Crippen LogP contribution < -0.4 is 11.5 Å². The number of rotatable bonds is 5. The fraction of sp³-hybridized carbons (Fsp3) is 0.136. The van der Waals surface area contributed by atoms with E-state index in [-0.39, 0.29) is 29.2 Å². The number of anilines is 1. The molecule has 0 spiro atoms. The standard InChI is InChI=1S/C22H18ClF3N6/c23-15-8-6-14(7-9-15)18-19(29-12-30-21(18)28)16-11-32(31-20(16)22(24,25)26)17(10-27)13-4-2-1-3-5-13/h1-9,11-12,17H,10,27H2,(H2,28,29,30). The second-order valence-electron chi connectivity index (χ2n) is 7.02. The molecule has 1 atom stereocenters. The number of nitrogens with zero attached hydrogens (tertiary/aromatic N) is 4. The molecular formula is C22H18ClF3N6. The Labute approximate surface area is 186 Å². The first-order valence-corrected chi connectivity index (χ1v) is 9.95. The maximum absolute atomic E-state index is 14.0. The van der Waals surface area contributed by atoms with Crippen molar-refractivity contribution in [2.45, 2.75) is 12.2 Å². The van der Waals surface area contributed by atoms with E-state index in [4.69, 9.17) is 23.1 Å². The molecule has 0 aliphatic rings. The summed E-state index contributed by atoms with van der Waals surface area (Å²) < 4.78 is 43.2. The lowest BCUT2D eigenvalue weighted by atomic mass is 10.00. The first kappa shape index (κ1) is 21.8. The Morgan fingerprint density at radius 2 is 1.69 bits per heavy atom. The molecule has 32 heavy (non-hydrogen) atoms. The Balaban J connectivity index is 1.93. The van der Waals surface area contributed by atoms with Crippen molar-refractivity contribution in [2.75, 3.05) is 12.3 Å². The van der Waals surface area contributed by atoms with Gasteiger partial charge in [0.1, 0.15) is 12.1 Å². The van der Waals surface area contributed by atoms with Crippen LogP contribution in [-0.4, -0.2) is 26.3 Å². The number of hydrogen-bond acceptors (Lipinski definition) is 5. The van der Waals surface area contributed by atoms with E-state index >= 15 is 0 Å². The Morgan fingerprint density at radius 1 is 1.00 bits per heavy atom. The number of halogens is 4. The average Bonchev–Trinajstić information content (AvgIpc) is 3.21. The number of alkyl halides is 3. The lowest BCUT2D eigenvalue weighted by molar-refractivity contribution is -0.141. The molecule has 0 aliphatic heterocycles. The van der Waals surface area contributed by atoms with E-state index in [1.54, 1.807) is 48.5 Å². The molecule has 1 unspecified atom stereocenters. The molecule has 4 aromatic rings. The van der Waals surface area contributed by atoms with Gasteiger partial charge in [-0.05, 0) is 23.3 Å². The van der Waals surface area contributed by atoms with Crippen LogP contribution in [0.2, 0.25) is 5.02 Å². The number of hydrogen-bond donors (Lipinski definition) is 2. The van der Waals surface area contributed by atoms with E-state index in [0.717, 1.165) is 11.9 Å². The van der Waals surface area contributed by atoms with Gasteiger partial charge in [0.15, 0.2) is 5.69 Å². The molecule has 0 amide bonds. The summed E-state index contributed by atoms with van der Waals surface area (Å²) in [7, 11) is 0. The zero-order valence-electron chi connectivity index (χ0n) is 16.6. The van der Waals surface area contributed by atoms with Crippen LogP contribution >= 0.6 is 11.6 Å². The van der Waals surface area contributed by atoms with Crippen LogP contribution in [0.3, 0.4) is 0 Å². The summed E-state index contributed by atoms with van der Waals surface area (Å²) in [6, 6.07) is 14.9. The van der Waals surface area contributed by atoms with Crippen molar-refractivity contribution >= 4 is 17.4 Å². The molecule has 0 saturated carbocycles. The highest BCUT2D eigenvalue weighted by Gasteiger charge is 2.39. The highest BCUT2D eigenvalue weighted by molar-refractivity contribution is 6.30. The molecule has 4 N–H and O–H groups in total. The van der Waals surface area contributed by atoms with Gasteiger partial charge in [0.05, 0.1) is 22.9 Å². The largest absolute Gasteiger partial charge is 0.435 e. The van der Waals surface area contributed by atoms with Crippen LogP contribution in [0.4, 0.5) is 19.0 Å². The van der Waals surface area contributed by atoms with Crippen molar-refractivity contribution in [1.29, 1.82) is 0 Å². The van der Waals surface area contributed by atoms with Crippen molar-refractivity contribution in [3.63, 3.8) is 0 Å². The van der Waals surface area contributed by atoms with Crippen LogP contribution in [0, 0.1) is 0 Å². The van der Waals surface area contributed by atoms with E-state index in [2.05, 4.69) is 15.1 Å². The Kier molecular flexibility index (Phi) is 5.86. The van der Waals surface area contributed by atoms with Gasteiger partial charge in [0.25, 0.3) is 0 Å². The third-order valence-electron chi connectivity index (χ3n) is 4.99. The Bertz CT molecular complexity index is 1220. The van der Waals surface area contributed by atoms with Crippen molar-refractivity contribution in [2.24, 2.45) is 5.73 Å². The van der Waals surface area contributed by atoms with Gasteiger partial charge < -0.3 is 11.5 Å². The summed E-state index contributed by atoms with van der Waals surface area (Å²) >= 11 is 5.96. The molecule has 6 nitrogen and oxygen atoms in total. The summed E-state index contributed by atoms with van der Waals surface area (Å²) in [6.07, 6.45) is -2.30. The van der Waals surface area contributed by atoms with Crippen molar-refractivity contribution < 1.29 is 13.2 Å². The van der Waals surface area contributed by atoms with E-state index in [1.807, 2.05) is 6.07 Å². The zero-order valence-corrected chi connectivity index (χ0v) is 17.3. The predicted molar refractivity (Wildman–Crippen MR) is 117 cm³/mol. The Morgan fingerprint density at radius 3 is 2.31 bits per heavy atom. The summed E-state index contributed by atoms with van der Waals surface area (Å²) in [5.74, 6) is 0.0385. The highest BCUT2D eigenvalue weighted by Crippen LogP contribution is 2.41. The van der Waals surface area contributed by atoms with Gasteiger partial charge in [-0.1, -0.05) is 54.1 Å². The SMILES string of the molecule is NCC(c1ccccc1)n1cc(-c2ncnc(N)c2-c2ccc(Cl)cc2)c(C(F)(F)F)n1. The van der Waals surface area contributed by atoms with Crippen LogP contribution in [0.5, 0.6) is 0 Å². The Hall–Kier alpha value is -3.43. The second kappa shape index (κ2) is 8.60. The van der Waals surface area contributed by atoms with Gasteiger partial charge in [-0.2, -0.15) is 18.3 Å². The summed E-state index contributed by atoms with van der Waals surface area (Å²) in [5.41, 5.74) is 12.2. The van der Waals surface area contributed by atoms with Gasteiger partial charge in [0, 0.05) is 17.8 Å². The highest BCUT2D eigenvalue weighted by atomic mass is 35.5. The molecule has 0 aliphatic carbocycles. The molecule has 4 rings (SSSR count). The first-order valence-electron chi connectivity index (χ1n) is 9.57. The van der Waals surface area contributed by atoms with Crippen LogP contribution in [0.1, 0.15) is 17.3 Å². The van der Waals surface area contributed by atoms with E-state index in [9.17, 15) is 13.2 Å². The number of benzene rings is 2. The second-order valence-corrected chi connectivity index (χ2v) is 7.46. The minimum absolute atomic E-state index is 0.0160.